The average Bonchev–Trinajstić information content (AvgIpc) is 3.05. The highest BCUT2D eigenvalue weighted by molar-refractivity contribution is 5.77. The van der Waals surface area contributed by atoms with Crippen molar-refractivity contribution in [1.82, 2.24) is 4.98 Å². The highest BCUT2D eigenvalue weighted by atomic mass is 16.5. The Morgan fingerprint density at radius 2 is 1.80 bits per heavy atom. The van der Waals surface area contributed by atoms with E-state index in [-0.39, 0.29) is 6.02 Å². The van der Waals surface area contributed by atoms with Crippen molar-refractivity contribution < 1.29 is 9.47 Å². The predicted octanol–water partition coefficient (Wildman–Crippen LogP) is 3.44. The van der Waals surface area contributed by atoms with Crippen LogP contribution < -0.4 is 10.5 Å². The molecule has 1 atom stereocenters. The highest BCUT2D eigenvalue weighted by Gasteiger charge is 2.47. The van der Waals surface area contributed by atoms with Gasteiger partial charge in [0.05, 0.1) is 5.56 Å². The zero-order chi connectivity index (χ0) is 16.9. The van der Waals surface area contributed by atoms with Crippen LogP contribution in [0.4, 0.5) is 0 Å². The Balaban J connectivity index is 1.75. The van der Waals surface area contributed by atoms with Gasteiger partial charge in [0.15, 0.2) is 5.54 Å². The molecular formula is C20H15N3O2. The van der Waals surface area contributed by atoms with Crippen LogP contribution in [-0.2, 0) is 10.3 Å². The highest BCUT2D eigenvalue weighted by Crippen LogP contribution is 2.50. The largest absolute Gasteiger partial charge is 0.462 e. The second kappa shape index (κ2) is 5.08. The van der Waals surface area contributed by atoms with Crippen LogP contribution in [-0.4, -0.2) is 17.6 Å². The van der Waals surface area contributed by atoms with Crippen molar-refractivity contribution in [1.29, 1.82) is 0 Å². The minimum Gasteiger partial charge on any atom is -0.462 e. The minimum atomic E-state index is -0.716. The maximum Gasteiger partial charge on any atom is 0.283 e. The summed E-state index contributed by atoms with van der Waals surface area (Å²) < 4.78 is 11.6. The Morgan fingerprint density at radius 1 is 0.920 bits per heavy atom. The van der Waals surface area contributed by atoms with Gasteiger partial charge < -0.3 is 15.2 Å². The van der Waals surface area contributed by atoms with Crippen LogP contribution in [0.1, 0.15) is 11.1 Å². The fourth-order valence-electron chi connectivity index (χ4n) is 3.50. The summed E-state index contributed by atoms with van der Waals surface area (Å²) in [5, 5.41) is 0. The number of ether oxygens (including phenoxy) is 2. The standard InChI is InChI=1S/C20H15N3O2/c21-19-23-20(12-24-19)15-7-4-10-22-18(15)25-17-9-8-14(11-16(17)20)13-5-2-1-3-6-13/h1-11H,12H2,(H2,21,23). The molecule has 1 aromatic heterocycles. The van der Waals surface area contributed by atoms with E-state index < -0.39 is 5.54 Å². The van der Waals surface area contributed by atoms with Gasteiger partial charge in [-0.15, -0.1) is 0 Å². The lowest BCUT2D eigenvalue weighted by molar-refractivity contribution is 0.262. The number of aliphatic imine (C=N–C) groups is 1. The fourth-order valence-corrected chi connectivity index (χ4v) is 3.50. The Bertz CT molecular complexity index is 1000. The van der Waals surface area contributed by atoms with Crippen molar-refractivity contribution in [2.24, 2.45) is 10.7 Å². The molecule has 1 spiro atoms. The molecule has 3 heterocycles. The summed E-state index contributed by atoms with van der Waals surface area (Å²) in [6.07, 6.45) is 1.71. The number of nitrogens with zero attached hydrogens (tertiary/aromatic N) is 2. The molecule has 5 heteroatoms. The van der Waals surface area contributed by atoms with E-state index in [1.165, 1.54) is 0 Å². The number of nitrogens with two attached hydrogens (primary N) is 1. The van der Waals surface area contributed by atoms with E-state index in [2.05, 4.69) is 28.2 Å². The van der Waals surface area contributed by atoms with Crippen LogP contribution in [0.15, 0.2) is 71.9 Å². The van der Waals surface area contributed by atoms with E-state index in [0.717, 1.165) is 28.0 Å². The number of pyridine rings is 1. The van der Waals surface area contributed by atoms with Gasteiger partial charge in [-0.3, -0.25) is 0 Å². The molecule has 0 radical (unpaired) electrons. The molecule has 2 aliphatic rings. The summed E-state index contributed by atoms with van der Waals surface area (Å²) in [5.41, 5.74) is 9.19. The monoisotopic (exact) mass is 329 g/mol. The van der Waals surface area contributed by atoms with Crippen LogP contribution >= 0.6 is 0 Å². The average molecular weight is 329 g/mol. The van der Waals surface area contributed by atoms with Crippen molar-refractivity contribution in [2.75, 3.05) is 6.61 Å². The van der Waals surface area contributed by atoms with Gasteiger partial charge in [0, 0.05) is 11.8 Å². The van der Waals surface area contributed by atoms with E-state index >= 15 is 0 Å². The molecule has 25 heavy (non-hydrogen) atoms. The van der Waals surface area contributed by atoms with Gasteiger partial charge >= 0.3 is 0 Å². The minimum absolute atomic E-state index is 0.188. The summed E-state index contributed by atoms with van der Waals surface area (Å²) in [6.45, 7) is 0.339. The quantitative estimate of drug-likeness (QED) is 0.742. The smallest absolute Gasteiger partial charge is 0.283 e. The van der Waals surface area contributed by atoms with Crippen molar-refractivity contribution in [3.8, 4) is 22.8 Å². The molecule has 0 fully saturated rings. The molecule has 2 aromatic carbocycles. The molecular weight excluding hydrogens is 314 g/mol. The summed E-state index contributed by atoms with van der Waals surface area (Å²) in [5.74, 6) is 1.28. The van der Waals surface area contributed by atoms with Crippen LogP contribution in [0.25, 0.3) is 11.1 Å². The molecule has 0 aliphatic carbocycles. The third-order valence-corrected chi connectivity index (χ3v) is 4.69. The number of hydrogen-bond donors (Lipinski definition) is 1. The van der Waals surface area contributed by atoms with E-state index in [4.69, 9.17) is 15.2 Å². The topological polar surface area (TPSA) is 69.7 Å². The van der Waals surface area contributed by atoms with E-state index in [9.17, 15) is 0 Å². The lowest BCUT2D eigenvalue weighted by Gasteiger charge is -2.32. The molecule has 122 valence electrons. The lowest BCUT2D eigenvalue weighted by Crippen LogP contribution is -2.31. The van der Waals surface area contributed by atoms with Gasteiger partial charge in [0.2, 0.25) is 5.88 Å². The van der Waals surface area contributed by atoms with Gasteiger partial charge in [0.1, 0.15) is 12.4 Å². The van der Waals surface area contributed by atoms with E-state index in [1.807, 2.05) is 42.5 Å². The maximum atomic E-state index is 6.01. The zero-order valence-corrected chi connectivity index (χ0v) is 13.3. The van der Waals surface area contributed by atoms with Gasteiger partial charge in [-0.05, 0) is 35.4 Å². The molecule has 0 saturated heterocycles. The number of fused-ring (bicyclic) bond motifs is 4. The molecule has 5 nitrogen and oxygen atoms in total. The first-order chi connectivity index (χ1) is 12.3. The third kappa shape index (κ3) is 2.02. The molecule has 0 amide bonds. The molecule has 2 N–H and O–H groups in total. The SMILES string of the molecule is NC1=NC2(CO1)c1cc(-c3ccccc3)ccc1Oc1ncccc12. The van der Waals surface area contributed by atoms with Gasteiger partial charge in [-0.1, -0.05) is 36.4 Å². The summed E-state index contributed by atoms with van der Waals surface area (Å²) in [7, 11) is 0. The van der Waals surface area contributed by atoms with Crippen molar-refractivity contribution >= 4 is 6.02 Å². The zero-order valence-electron chi connectivity index (χ0n) is 13.3. The third-order valence-electron chi connectivity index (χ3n) is 4.69. The normalized spacial score (nSPS) is 20.2. The van der Waals surface area contributed by atoms with Crippen molar-refractivity contribution in [3.63, 3.8) is 0 Å². The Hall–Kier alpha value is -3.34. The lowest BCUT2D eigenvalue weighted by atomic mass is 9.81. The van der Waals surface area contributed by atoms with Gasteiger partial charge in [-0.25, -0.2) is 9.98 Å². The first-order valence-electron chi connectivity index (χ1n) is 8.08. The number of rotatable bonds is 1. The summed E-state index contributed by atoms with van der Waals surface area (Å²) in [6, 6.07) is 20.3. The molecule has 3 aromatic rings. The number of benzene rings is 2. The number of aromatic nitrogens is 1. The summed E-state index contributed by atoms with van der Waals surface area (Å²) in [4.78, 5) is 9.00. The first-order valence-corrected chi connectivity index (χ1v) is 8.08. The van der Waals surface area contributed by atoms with E-state index in [0.29, 0.717) is 12.5 Å². The second-order valence-electron chi connectivity index (χ2n) is 6.13. The first kappa shape index (κ1) is 14.0. The molecule has 1 unspecified atom stereocenters. The second-order valence-corrected chi connectivity index (χ2v) is 6.13. The maximum absolute atomic E-state index is 6.01. The van der Waals surface area contributed by atoms with Crippen LogP contribution in [0.5, 0.6) is 11.6 Å². The van der Waals surface area contributed by atoms with Crippen LogP contribution in [0.3, 0.4) is 0 Å². The number of hydrogen-bond acceptors (Lipinski definition) is 5. The Labute approximate surface area is 144 Å². The van der Waals surface area contributed by atoms with Gasteiger partial charge in [-0.2, -0.15) is 0 Å². The van der Waals surface area contributed by atoms with Crippen LogP contribution in [0.2, 0.25) is 0 Å². The predicted molar refractivity (Wildman–Crippen MR) is 94.5 cm³/mol. The molecule has 0 saturated carbocycles. The Morgan fingerprint density at radius 3 is 2.60 bits per heavy atom. The van der Waals surface area contributed by atoms with Crippen LogP contribution in [0, 0.1) is 0 Å². The van der Waals surface area contributed by atoms with Crippen molar-refractivity contribution in [3.05, 3.63) is 78.0 Å². The van der Waals surface area contributed by atoms with E-state index in [1.54, 1.807) is 6.20 Å². The Kier molecular flexibility index (Phi) is 2.85. The fraction of sp³-hybridized carbons (Fsp3) is 0.100. The van der Waals surface area contributed by atoms with Gasteiger partial charge in [0.25, 0.3) is 6.02 Å². The molecule has 2 aliphatic heterocycles. The van der Waals surface area contributed by atoms with Crippen molar-refractivity contribution in [2.45, 2.75) is 5.54 Å². The molecule has 5 rings (SSSR count). The molecule has 0 bridgehead atoms. The summed E-state index contributed by atoms with van der Waals surface area (Å²) >= 11 is 0. The number of amidine groups is 1.